The summed E-state index contributed by atoms with van der Waals surface area (Å²) < 4.78 is 5.33. The molecule has 3 rings (SSSR count). The Morgan fingerprint density at radius 1 is 1.21 bits per heavy atom. The predicted molar refractivity (Wildman–Crippen MR) is 109 cm³/mol. The van der Waals surface area contributed by atoms with Crippen molar-refractivity contribution in [2.45, 2.75) is 44.7 Å². The number of hydrogen-bond donors (Lipinski definition) is 1. The van der Waals surface area contributed by atoms with Crippen molar-refractivity contribution >= 4 is 29.5 Å². The molecule has 0 spiro atoms. The molecule has 152 valence electrons. The lowest BCUT2D eigenvalue weighted by Crippen LogP contribution is -2.50. The minimum Gasteiger partial charge on any atom is -0.496 e. The first-order valence-electron chi connectivity index (χ1n) is 9.84. The van der Waals surface area contributed by atoms with Crippen LogP contribution in [0.15, 0.2) is 24.3 Å². The molecule has 1 aromatic carbocycles. The molecule has 1 heterocycles. The maximum Gasteiger partial charge on any atom is 0.243 e. The van der Waals surface area contributed by atoms with E-state index in [9.17, 15) is 14.4 Å². The molecule has 1 aliphatic heterocycles. The number of carbonyl (C=O) groups excluding carboxylic acids is 3. The van der Waals surface area contributed by atoms with Crippen molar-refractivity contribution in [2.24, 2.45) is 11.8 Å². The van der Waals surface area contributed by atoms with Crippen molar-refractivity contribution in [1.29, 1.82) is 0 Å². The van der Waals surface area contributed by atoms with E-state index in [0.29, 0.717) is 24.5 Å². The summed E-state index contributed by atoms with van der Waals surface area (Å²) in [6, 6.07) is 6.73. The monoisotopic (exact) mass is 404 g/mol. The van der Waals surface area contributed by atoms with E-state index >= 15 is 0 Å². The summed E-state index contributed by atoms with van der Waals surface area (Å²) in [5, 5.41) is 2.91. The van der Waals surface area contributed by atoms with Gasteiger partial charge in [0.15, 0.2) is 0 Å². The second kappa shape index (κ2) is 9.45. The predicted octanol–water partition coefficient (Wildman–Crippen LogP) is 2.61. The zero-order chi connectivity index (χ0) is 20.1. The highest BCUT2D eigenvalue weighted by atomic mass is 32.2. The Balaban J connectivity index is 1.74. The third-order valence-electron chi connectivity index (χ3n) is 5.73. The fraction of sp³-hybridized carbons (Fsp3) is 0.571. The van der Waals surface area contributed by atoms with Gasteiger partial charge in [0.25, 0.3) is 0 Å². The number of hydrogen-bond acceptors (Lipinski definition) is 5. The van der Waals surface area contributed by atoms with Crippen LogP contribution in [0, 0.1) is 11.8 Å². The van der Waals surface area contributed by atoms with Crippen molar-refractivity contribution in [2.75, 3.05) is 19.1 Å². The van der Waals surface area contributed by atoms with E-state index in [1.54, 1.807) is 18.9 Å². The number of rotatable bonds is 8. The van der Waals surface area contributed by atoms with Gasteiger partial charge in [0.2, 0.25) is 17.7 Å². The molecule has 3 atom stereocenters. The quantitative estimate of drug-likeness (QED) is 0.674. The number of para-hydroxylation sites is 1. The van der Waals surface area contributed by atoms with Gasteiger partial charge in [-0.05, 0) is 37.3 Å². The van der Waals surface area contributed by atoms with Gasteiger partial charge in [0, 0.05) is 12.1 Å². The molecule has 0 radical (unpaired) electrons. The first-order valence-corrected chi connectivity index (χ1v) is 11.2. The zero-order valence-corrected chi connectivity index (χ0v) is 17.3. The van der Waals surface area contributed by atoms with Crippen LogP contribution in [-0.2, 0) is 20.9 Å². The number of fused-ring (bicyclic) bond motifs is 1. The van der Waals surface area contributed by atoms with Crippen molar-refractivity contribution in [3.05, 3.63) is 29.8 Å². The van der Waals surface area contributed by atoms with Gasteiger partial charge in [-0.15, -0.1) is 0 Å². The highest BCUT2D eigenvalue weighted by Crippen LogP contribution is 2.39. The van der Waals surface area contributed by atoms with Crippen LogP contribution < -0.4 is 10.1 Å². The first-order chi connectivity index (χ1) is 13.6. The number of nitrogens with zero attached hydrogens (tertiary/aromatic N) is 1. The van der Waals surface area contributed by atoms with Crippen molar-refractivity contribution in [3.63, 3.8) is 0 Å². The molecule has 6 nitrogen and oxygen atoms in total. The second-order valence-electron chi connectivity index (χ2n) is 7.37. The molecule has 7 heteroatoms. The lowest BCUT2D eigenvalue weighted by atomic mass is 9.81. The van der Waals surface area contributed by atoms with E-state index in [1.807, 2.05) is 30.5 Å². The molecular formula is C21H28N2O4S. The van der Waals surface area contributed by atoms with Gasteiger partial charge in [-0.2, -0.15) is 11.8 Å². The van der Waals surface area contributed by atoms with Crippen LogP contribution in [0.1, 0.15) is 37.7 Å². The summed E-state index contributed by atoms with van der Waals surface area (Å²) in [7, 11) is 1.59. The van der Waals surface area contributed by atoms with Gasteiger partial charge in [-0.3, -0.25) is 19.3 Å². The summed E-state index contributed by atoms with van der Waals surface area (Å²) in [6.07, 6.45) is 5.88. The average molecular weight is 405 g/mol. The van der Waals surface area contributed by atoms with Crippen LogP contribution in [0.3, 0.4) is 0 Å². The molecule has 1 N–H and O–H groups in total. The number of imide groups is 1. The lowest BCUT2D eigenvalue weighted by molar-refractivity contribution is -0.148. The smallest absolute Gasteiger partial charge is 0.243 e. The van der Waals surface area contributed by atoms with E-state index in [0.717, 1.165) is 31.2 Å². The SMILES string of the molecule is COc1ccccc1CNC(=O)[C@H](CCSC)N1C(=O)[C@H]2CCCC[C@@H]2C1=O. The highest BCUT2D eigenvalue weighted by Gasteiger charge is 2.51. The van der Waals surface area contributed by atoms with Crippen LogP contribution in [0.2, 0.25) is 0 Å². The van der Waals surface area contributed by atoms with Crippen molar-refractivity contribution in [1.82, 2.24) is 10.2 Å². The van der Waals surface area contributed by atoms with E-state index in [-0.39, 0.29) is 29.6 Å². The molecule has 1 saturated heterocycles. The number of likely N-dealkylation sites (tertiary alicyclic amines) is 1. The van der Waals surface area contributed by atoms with E-state index < -0.39 is 6.04 Å². The Labute approximate surface area is 170 Å². The van der Waals surface area contributed by atoms with Crippen LogP contribution in [0.25, 0.3) is 0 Å². The largest absolute Gasteiger partial charge is 0.496 e. The molecule has 2 fully saturated rings. The molecule has 28 heavy (non-hydrogen) atoms. The van der Waals surface area contributed by atoms with Gasteiger partial charge < -0.3 is 10.1 Å². The lowest BCUT2D eigenvalue weighted by Gasteiger charge is -2.26. The number of carbonyl (C=O) groups is 3. The van der Waals surface area contributed by atoms with E-state index in [4.69, 9.17) is 4.74 Å². The highest BCUT2D eigenvalue weighted by molar-refractivity contribution is 7.98. The fourth-order valence-electron chi connectivity index (χ4n) is 4.25. The number of ether oxygens (including phenoxy) is 1. The van der Waals surface area contributed by atoms with E-state index in [2.05, 4.69) is 5.32 Å². The third kappa shape index (κ3) is 4.19. The number of thioether (sulfide) groups is 1. The molecular weight excluding hydrogens is 376 g/mol. The summed E-state index contributed by atoms with van der Waals surface area (Å²) in [5.41, 5.74) is 0.856. The van der Waals surface area contributed by atoms with Crippen LogP contribution in [0.4, 0.5) is 0 Å². The van der Waals surface area contributed by atoms with Gasteiger partial charge in [-0.1, -0.05) is 31.0 Å². The van der Waals surface area contributed by atoms with Gasteiger partial charge in [-0.25, -0.2) is 0 Å². The minimum atomic E-state index is -0.743. The summed E-state index contributed by atoms with van der Waals surface area (Å²) in [5.74, 6) is 0.337. The van der Waals surface area contributed by atoms with E-state index in [1.165, 1.54) is 4.90 Å². The maximum atomic E-state index is 13.0. The number of nitrogens with one attached hydrogen (secondary N) is 1. The standard InChI is InChI=1S/C21H28N2O4S/c1-27-18-10-6-3-7-14(18)13-22-19(24)17(11-12-28-2)23-20(25)15-8-4-5-9-16(15)21(23)26/h3,6-7,10,15-17H,4-5,8-9,11-13H2,1-2H3,(H,22,24)/t15-,16-,17-/m0/s1. The molecule has 1 aromatic rings. The third-order valence-corrected chi connectivity index (χ3v) is 6.37. The second-order valence-corrected chi connectivity index (χ2v) is 8.36. The van der Waals surface area contributed by atoms with Crippen molar-refractivity contribution < 1.29 is 19.1 Å². The number of methoxy groups -OCH3 is 1. The van der Waals surface area contributed by atoms with Crippen LogP contribution >= 0.6 is 11.8 Å². The zero-order valence-electron chi connectivity index (χ0n) is 16.5. The molecule has 0 unspecified atom stereocenters. The number of amides is 3. The minimum absolute atomic E-state index is 0.159. The first kappa shape index (κ1) is 20.7. The maximum absolute atomic E-state index is 13.0. The number of benzene rings is 1. The molecule has 2 aliphatic rings. The van der Waals surface area contributed by atoms with Gasteiger partial charge in [0.1, 0.15) is 11.8 Å². The molecule has 3 amide bonds. The van der Waals surface area contributed by atoms with Crippen LogP contribution in [0.5, 0.6) is 5.75 Å². The fourth-order valence-corrected chi connectivity index (χ4v) is 4.71. The van der Waals surface area contributed by atoms with Gasteiger partial charge in [0.05, 0.1) is 18.9 Å². The molecule has 0 aromatic heterocycles. The summed E-state index contributed by atoms with van der Waals surface area (Å²) >= 11 is 1.61. The summed E-state index contributed by atoms with van der Waals surface area (Å²) in [4.78, 5) is 40.1. The van der Waals surface area contributed by atoms with Crippen molar-refractivity contribution in [3.8, 4) is 5.75 Å². The van der Waals surface area contributed by atoms with Crippen LogP contribution in [-0.4, -0.2) is 47.8 Å². The van der Waals surface area contributed by atoms with Gasteiger partial charge >= 0.3 is 0 Å². The normalized spacial score (nSPS) is 22.7. The molecule has 1 aliphatic carbocycles. The Bertz CT molecular complexity index is 715. The molecule has 1 saturated carbocycles. The molecule has 0 bridgehead atoms. The topological polar surface area (TPSA) is 75.7 Å². The Hall–Kier alpha value is -2.02. The average Bonchev–Trinajstić information content (AvgIpc) is 2.98. The Kier molecular flexibility index (Phi) is 6.99. The summed E-state index contributed by atoms with van der Waals surface area (Å²) in [6.45, 7) is 0.293. The Morgan fingerprint density at radius 2 is 1.86 bits per heavy atom. The Morgan fingerprint density at radius 3 is 2.46 bits per heavy atom.